The van der Waals surface area contributed by atoms with Gasteiger partial charge >= 0.3 is 0 Å². The number of carbonyl (C=O) groups excluding carboxylic acids is 1. The molecule has 1 atom stereocenters. The molecule has 0 N–H and O–H groups in total. The summed E-state index contributed by atoms with van der Waals surface area (Å²) in [5.41, 5.74) is 3.25. The number of fused-ring (bicyclic) bond motifs is 1. The van der Waals surface area contributed by atoms with Gasteiger partial charge in [0.15, 0.2) is 11.5 Å². The maximum absolute atomic E-state index is 14.3. The Kier molecular flexibility index (Phi) is 5.16. The summed E-state index contributed by atoms with van der Waals surface area (Å²) in [6.07, 6.45) is 0.128. The molecule has 1 unspecified atom stereocenters. The largest absolute Gasteiger partial charge is 0.493 e. The first kappa shape index (κ1) is 19.9. The minimum absolute atomic E-state index is 0.128. The Bertz CT molecular complexity index is 1110. The fraction of sp³-hybridized carbons (Fsp3) is 0.208. The number of anilines is 1. The summed E-state index contributed by atoms with van der Waals surface area (Å²) < 4.78 is 38.8. The molecular formula is C24H21F2NO3. The highest BCUT2D eigenvalue weighted by atomic mass is 19.1. The molecule has 0 aromatic heterocycles. The molecule has 1 heterocycles. The predicted molar refractivity (Wildman–Crippen MR) is 110 cm³/mol. The van der Waals surface area contributed by atoms with Gasteiger partial charge in [-0.25, -0.2) is 8.78 Å². The molecule has 154 valence electrons. The summed E-state index contributed by atoms with van der Waals surface area (Å²) >= 11 is 0. The number of aryl methyl sites for hydroxylation is 1. The van der Waals surface area contributed by atoms with E-state index in [9.17, 15) is 13.6 Å². The molecular weight excluding hydrogens is 388 g/mol. The molecule has 0 aliphatic carbocycles. The molecule has 0 saturated carbocycles. The summed E-state index contributed by atoms with van der Waals surface area (Å²) in [6, 6.07) is 13.7. The summed E-state index contributed by atoms with van der Waals surface area (Å²) in [5, 5.41) is 0. The van der Waals surface area contributed by atoms with Crippen LogP contribution in [-0.2, 0) is 11.2 Å². The van der Waals surface area contributed by atoms with E-state index in [0.717, 1.165) is 11.1 Å². The number of benzene rings is 3. The van der Waals surface area contributed by atoms with Gasteiger partial charge < -0.3 is 14.4 Å². The van der Waals surface area contributed by atoms with Gasteiger partial charge in [-0.05, 0) is 65.6 Å². The van der Waals surface area contributed by atoms with Crippen LogP contribution in [0, 0.1) is 18.6 Å². The molecule has 0 fully saturated rings. The predicted octanol–water partition coefficient (Wildman–Crippen LogP) is 4.97. The molecule has 0 spiro atoms. The zero-order valence-corrected chi connectivity index (χ0v) is 16.9. The highest BCUT2D eigenvalue weighted by molar-refractivity contribution is 5.98. The van der Waals surface area contributed by atoms with E-state index >= 15 is 0 Å². The fourth-order valence-corrected chi connectivity index (χ4v) is 3.87. The zero-order valence-electron chi connectivity index (χ0n) is 16.9. The van der Waals surface area contributed by atoms with Crippen LogP contribution in [0.4, 0.5) is 14.5 Å². The highest BCUT2D eigenvalue weighted by Crippen LogP contribution is 2.43. The summed E-state index contributed by atoms with van der Waals surface area (Å²) in [7, 11) is 3.08. The van der Waals surface area contributed by atoms with Crippen molar-refractivity contribution in [3.05, 3.63) is 88.5 Å². The van der Waals surface area contributed by atoms with Gasteiger partial charge in [-0.15, -0.1) is 0 Å². The van der Waals surface area contributed by atoms with Crippen molar-refractivity contribution in [1.82, 2.24) is 0 Å². The lowest BCUT2D eigenvalue weighted by atomic mass is 9.86. The van der Waals surface area contributed by atoms with Gasteiger partial charge in [-0.2, -0.15) is 0 Å². The second-order valence-corrected chi connectivity index (χ2v) is 7.23. The Morgan fingerprint density at radius 1 is 0.933 bits per heavy atom. The van der Waals surface area contributed by atoms with Gasteiger partial charge in [0, 0.05) is 5.69 Å². The van der Waals surface area contributed by atoms with E-state index in [1.54, 1.807) is 42.2 Å². The van der Waals surface area contributed by atoms with Gasteiger partial charge in [0.25, 0.3) is 0 Å². The van der Waals surface area contributed by atoms with Crippen molar-refractivity contribution in [3.8, 4) is 11.5 Å². The van der Waals surface area contributed by atoms with Crippen LogP contribution in [0.15, 0.2) is 54.6 Å². The topological polar surface area (TPSA) is 38.8 Å². The Labute approximate surface area is 173 Å². The standard InChI is InChI=1S/C24H21F2NO3/c1-14-4-9-18(12-20(14)26)27-23(28)11-16-10-21(29-2)22(30-3)13-19(16)24(27)15-5-7-17(25)8-6-15/h4-10,12-13,24H,11H2,1-3H3. The first-order valence-electron chi connectivity index (χ1n) is 9.51. The van der Waals surface area contributed by atoms with Gasteiger partial charge in [0.2, 0.25) is 5.91 Å². The van der Waals surface area contributed by atoms with E-state index in [1.807, 2.05) is 6.07 Å². The van der Waals surface area contributed by atoms with Gasteiger partial charge in [0.05, 0.1) is 26.7 Å². The van der Waals surface area contributed by atoms with Gasteiger partial charge in [-0.1, -0.05) is 18.2 Å². The fourth-order valence-electron chi connectivity index (χ4n) is 3.87. The monoisotopic (exact) mass is 409 g/mol. The Balaban J connectivity index is 1.95. The van der Waals surface area contributed by atoms with Crippen molar-refractivity contribution in [2.24, 2.45) is 0 Å². The minimum Gasteiger partial charge on any atom is -0.493 e. The van der Waals surface area contributed by atoms with Crippen molar-refractivity contribution >= 4 is 11.6 Å². The van der Waals surface area contributed by atoms with Crippen molar-refractivity contribution in [2.75, 3.05) is 19.1 Å². The van der Waals surface area contributed by atoms with Crippen molar-refractivity contribution in [3.63, 3.8) is 0 Å². The lowest BCUT2D eigenvalue weighted by molar-refractivity contribution is -0.118. The van der Waals surface area contributed by atoms with Crippen LogP contribution in [0.25, 0.3) is 0 Å². The molecule has 1 aliphatic rings. The number of hydrogen-bond donors (Lipinski definition) is 0. The van der Waals surface area contributed by atoms with Crippen molar-refractivity contribution in [1.29, 1.82) is 0 Å². The van der Waals surface area contributed by atoms with Crippen LogP contribution in [-0.4, -0.2) is 20.1 Å². The van der Waals surface area contributed by atoms with E-state index in [2.05, 4.69) is 0 Å². The number of nitrogens with zero attached hydrogens (tertiary/aromatic N) is 1. The average molecular weight is 409 g/mol. The average Bonchev–Trinajstić information content (AvgIpc) is 2.74. The number of hydrogen-bond acceptors (Lipinski definition) is 3. The summed E-state index contributed by atoms with van der Waals surface area (Å²) in [5.74, 6) is 0.0920. The van der Waals surface area contributed by atoms with E-state index in [-0.39, 0.29) is 18.1 Å². The molecule has 1 amide bonds. The second-order valence-electron chi connectivity index (χ2n) is 7.23. The van der Waals surface area contributed by atoms with Crippen LogP contribution in [0.5, 0.6) is 11.5 Å². The molecule has 0 saturated heterocycles. The number of rotatable bonds is 4. The Morgan fingerprint density at radius 3 is 2.23 bits per heavy atom. The lowest BCUT2D eigenvalue weighted by Crippen LogP contribution is -2.41. The molecule has 0 bridgehead atoms. The SMILES string of the molecule is COc1cc2c(cc1OC)C(c1ccc(F)cc1)N(c1ccc(C)c(F)c1)C(=O)C2. The highest BCUT2D eigenvalue weighted by Gasteiger charge is 2.36. The molecule has 3 aromatic carbocycles. The Morgan fingerprint density at radius 2 is 1.60 bits per heavy atom. The molecule has 4 nitrogen and oxygen atoms in total. The summed E-state index contributed by atoms with van der Waals surface area (Å²) in [4.78, 5) is 14.8. The first-order chi connectivity index (χ1) is 14.4. The number of carbonyl (C=O) groups is 1. The van der Waals surface area contributed by atoms with Gasteiger partial charge in [-0.3, -0.25) is 4.79 Å². The quantitative estimate of drug-likeness (QED) is 0.611. The van der Waals surface area contributed by atoms with E-state index < -0.39 is 11.9 Å². The smallest absolute Gasteiger partial charge is 0.232 e. The first-order valence-corrected chi connectivity index (χ1v) is 9.51. The number of ether oxygens (including phenoxy) is 2. The molecule has 6 heteroatoms. The van der Waals surface area contributed by atoms with Crippen LogP contribution in [0.2, 0.25) is 0 Å². The van der Waals surface area contributed by atoms with Crippen LogP contribution < -0.4 is 14.4 Å². The normalized spacial score (nSPS) is 15.7. The minimum atomic E-state index is -0.566. The molecule has 3 aromatic rings. The lowest BCUT2D eigenvalue weighted by Gasteiger charge is -2.38. The third-order valence-corrected chi connectivity index (χ3v) is 5.43. The second kappa shape index (κ2) is 7.78. The summed E-state index contributed by atoms with van der Waals surface area (Å²) in [6.45, 7) is 1.67. The van der Waals surface area contributed by atoms with Crippen LogP contribution >= 0.6 is 0 Å². The maximum Gasteiger partial charge on any atom is 0.232 e. The van der Waals surface area contributed by atoms with Gasteiger partial charge in [0.1, 0.15) is 11.6 Å². The number of halogens is 2. The van der Waals surface area contributed by atoms with E-state index in [4.69, 9.17) is 9.47 Å². The van der Waals surface area contributed by atoms with E-state index in [1.165, 1.54) is 32.4 Å². The van der Waals surface area contributed by atoms with Crippen LogP contribution in [0.1, 0.15) is 28.3 Å². The zero-order chi connectivity index (χ0) is 21.4. The third-order valence-electron chi connectivity index (χ3n) is 5.43. The Hall–Kier alpha value is -3.41. The van der Waals surface area contributed by atoms with Crippen LogP contribution in [0.3, 0.4) is 0 Å². The maximum atomic E-state index is 14.3. The molecule has 4 rings (SSSR count). The molecule has 30 heavy (non-hydrogen) atoms. The van der Waals surface area contributed by atoms with Crippen molar-refractivity contribution in [2.45, 2.75) is 19.4 Å². The molecule has 0 radical (unpaired) electrons. The van der Waals surface area contributed by atoms with E-state index in [0.29, 0.717) is 28.3 Å². The van der Waals surface area contributed by atoms with Crippen molar-refractivity contribution < 1.29 is 23.0 Å². The molecule has 1 aliphatic heterocycles. The number of amides is 1. The third kappa shape index (κ3) is 3.38. The number of methoxy groups -OCH3 is 2.